The number of aliphatic hydroxyl groups excluding tert-OH is 1. The molecular weight excluding hydrogens is 196 g/mol. The second-order valence-electron chi connectivity index (χ2n) is 3.08. The van der Waals surface area contributed by atoms with Gasteiger partial charge in [-0.2, -0.15) is 0 Å². The summed E-state index contributed by atoms with van der Waals surface area (Å²) in [5, 5.41) is 20.6. The maximum atomic E-state index is 11.5. The fourth-order valence-corrected chi connectivity index (χ4v) is 1.12. The zero-order valence-corrected chi connectivity index (χ0v) is 8.23. The van der Waals surface area contributed by atoms with Crippen molar-refractivity contribution in [2.24, 2.45) is 0 Å². The van der Waals surface area contributed by atoms with Crippen LogP contribution in [0.4, 0.5) is 5.69 Å². The van der Waals surface area contributed by atoms with E-state index >= 15 is 0 Å². The Balaban J connectivity index is 2.69. The molecule has 0 radical (unpaired) electrons. The summed E-state index contributed by atoms with van der Waals surface area (Å²) in [4.78, 5) is 11.5. The Kier molecular flexibility index (Phi) is 3.93. The number of carbonyl (C=O) groups is 1. The van der Waals surface area contributed by atoms with Crippen molar-refractivity contribution in [2.75, 3.05) is 18.9 Å². The van der Waals surface area contributed by atoms with Crippen LogP contribution < -0.4 is 11.1 Å². The van der Waals surface area contributed by atoms with Gasteiger partial charge in [0.05, 0.1) is 11.3 Å². The Morgan fingerprint density at radius 3 is 2.87 bits per heavy atom. The van der Waals surface area contributed by atoms with Gasteiger partial charge in [-0.25, -0.2) is 0 Å². The van der Waals surface area contributed by atoms with Gasteiger partial charge in [0.2, 0.25) is 0 Å². The van der Waals surface area contributed by atoms with Gasteiger partial charge < -0.3 is 21.3 Å². The van der Waals surface area contributed by atoms with Crippen LogP contribution >= 0.6 is 0 Å². The number of nitrogens with one attached hydrogen (secondary N) is 1. The highest BCUT2D eigenvalue weighted by atomic mass is 16.3. The zero-order chi connectivity index (χ0) is 11.3. The van der Waals surface area contributed by atoms with E-state index in [0.717, 1.165) is 0 Å². The summed E-state index contributed by atoms with van der Waals surface area (Å²) in [6.07, 6.45) is 0.481. The van der Waals surface area contributed by atoms with Crippen molar-refractivity contribution < 1.29 is 15.0 Å². The molecule has 0 heterocycles. The third-order valence-corrected chi connectivity index (χ3v) is 1.93. The third kappa shape index (κ3) is 2.85. The molecule has 5 N–H and O–H groups in total. The van der Waals surface area contributed by atoms with E-state index in [-0.39, 0.29) is 23.6 Å². The van der Waals surface area contributed by atoms with Gasteiger partial charge in [0.1, 0.15) is 0 Å². The van der Waals surface area contributed by atoms with E-state index in [0.29, 0.717) is 13.0 Å². The molecule has 5 nitrogen and oxygen atoms in total. The number of nitrogens with two attached hydrogens (primary N) is 1. The summed E-state index contributed by atoms with van der Waals surface area (Å²) in [7, 11) is 0. The number of benzene rings is 1. The maximum Gasteiger partial charge on any atom is 0.255 e. The lowest BCUT2D eigenvalue weighted by Crippen LogP contribution is -2.25. The quantitative estimate of drug-likeness (QED) is 0.321. The Morgan fingerprint density at radius 2 is 2.20 bits per heavy atom. The fraction of sp³-hybridized carbons (Fsp3) is 0.300. The molecule has 0 saturated heterocycles. The Morgan fingerprint density at radius 1 is 1.47 bits per heavy atom. The van der Waals surface area contributed by atoms with Crippen molar-refractivity contribution in [3.05, 3.63) is 23.8 Å². The topological polar surface area (TPSA) is 95.6 Å². The smallest absolute Gasteiger partial charge is 0.255 e. The van der Waals surface area contributed by atoms with E-state index < -0.39 is 5.91 Å². The van der Waals surface area contributed by atoms with E-state index in [4.69, 9.17) is 10.8 Å². The molecule has 0 saturated carbocycles. The van der Waals surface area contributed by atoms with Crippen LogP contribution in [0.3, 0.4) is 0 Å². The van der Waals surface area contributed by atoms with Crippen LogP contribution in [-0.2, 0) is 0 Å². The molecule has 1 aromatic rings. The molecule has 1 aromatic carbocycles. The SMILES string of the molecule is Nc1cccc(C(=O)NCCCO)c1O. The number of aromatic hydroxyl groups is 1. The van der Waals surface area contributed by atoms with Gasteiger partial charge in [0.15, 0.2) is 5.75 Å². The van der Waals surface area contributed by atoms with Gasteiger partial charge in [-0.1, -0.05) is 6.07 Å². The molecule has 0 atom stereocenters. The average molecular weight is 210 g/mol. The molecule has 0 aliphatic heterocycles. The summed E-state index contributed by atoms with van der Waals surface area (Å²) >= 11 is 0. The minimum Gasteiger partial charge on any atom is -0.505 e. The van der Waals surface area contributed by atoms with E-state index in [1.165, 1.54) is 12.1 Å². The normalized spacial score (nSPS) is 9.93. The second kappa shape index (κ2) is 5.21. The minimum absolute atomic E-state index is 0.0171. The number of phenols is 1. The molecular formula is C10H14N2O3. The number of nitrogen functional groups attached to an aromatic ring is 1. The number of hydrogen-bond acceptors (Lipinski definition) is 4. The standard InChI is InChI=1S/C10H14N2O3/c11-8-4-1-3-7(9(8)14)10(15)12-5-2-6-13/h1,3-4,13-14H,2,5-6,11H2,(H,12,15). The van der Waals surface area contributed by atoms with Crippen LogP contribution in [0.25, 0.3) is 0 Å². The summed E-state index contributed by atoms with van der Waals surface area (Å²) in [6.45, 7) is 0.382. The second-order valence-corrected chi connectivity index (χ2v) is 3.08. The van der Waals surface area contributed by atoms with E-state index in [1.807, 2.05) is 0 Å². The predicted molar refractivity (Wildman–Crippen MR) is 56.6 cm³/mol. The molecule has 0 unspecified atom stereocenters. The number of rotatable bonds is 4. The van der Waals surface area contributed by atoms with Gasteiger partial charge in [-0.15, -0.1) is 0 Å². The third-order valence-electron chi connectivity index (χ3n) is 1.93. The molecule has 0 aromatic heterocycles. The van der Waals surface area contributed by atoms with Gasteiger partial charge in [0.25, 0.3) is 5.91 Å². The van der Waals surface area contributed by atoms with Crippen LogP contribution in [0.5, 0.6) is 5.75 Å². The Bertz CT molecular complexity index is 353. The van der Waals surface area contributed by atoms with Crippen LogP contribution in [0.15, 0.2) is 18.2 Å². The van der Waals surface area contributed by atoms with Crippen LogP contribution in [0.1, 0.15) is 16.8 Å². The average Bonchev–Trinajstić information content (AvgIpc) is 2.22. The van der Waals surface area contributed by atoms with Crippen molar-refractivity contribution in [2.45, 2.75) is 6.42 Å². The summed E-state index contributed by atoms with van der Waals surface area (Å²) in [5.74, 6) is -0.604. The van der Waals surface area contributed by atoms with Gasteiger partial charge in [-0.3, -0.25) is 4.79 Å². The van der Waals surface area contributed by atoms with Crippen molar-refractivity contribution in [3.8, 4) is 5.75 Å². The number of hydrogen-bond donors (Lipinski definition) is 4. The largest absolute Gasteiger partial charge is 0.505 e. The zero-order valence-electron chi connectivity index (χ0n) is 8.23. The van der Waals surface area contributed by atoms with Crippen molar-refractivity contribution >= 4 is 11.6 Å². The van der Waals surface area contributed by atoms with Crippen LogP contribution in [-0.4, -0.2) is 29.3 Å². The van der Waals surface area contributed by atoms with Gasteiger partial charge in [0, 0.05) is 13.2 Å². The van der Waals surface area contributed by atoms with E-state index in [1.54, 1.807) is 6.07 Å². The van der Waals surface area contributed by atoms with Crippen molar-refractivity contribution in [3.63, 3.8) is 0 Å². The molecule has 0 spiro atoms. The van der Waals surface area contributed by atoms with Crippen LogP contribution in [0.2, 0.25) is 0 Å². The first-order chi connectivity index (χ1) is 7.16. The highest BCUT2D eigenvalue weighted by Gasteiger charge is 2.11. The number of aliphatic hydroxyl groups is 1. The van der Waals surface area contributed by atoms with Gasteiger partial charge in [-0.05, 0) is 18.6 Å². The van der Waals surface area contributed by atoms with Gasteiger partial charge >= 0.3 is 0 Å². The molecule has 1 rings (SSSR count). The van der Waals surface area contributed by atoms with Crippen LogP contribution in [0, 0.1) is 0 Å². The summed E-state index contributed by atoms with van der Waals surface area (Å²) in [5.41, 5.74) is 5.76. The fourth-order valence-electron chi connectivity index (χ4n) is 1.12. The predicted octanol–water partition coefficient (Wildman–Crippen LogP) is 0.0866. The lowest BCUT2D eigenvalue weighted by atomic mass is 10.1. The molecule has 0 bridgehead atoms. The number of carbonyl (C=O) groups excluding carboxylic acids is 1. The summed E-state index contributed by atoms with van der Waals surface area (Å²) in [6, 6.07) is 4.59. The molecule has 0 aliphatic carbocycles. The number of para-hydroxylation sites is 1. The monoisotopic (exact) mass is 210 g/mol. The van der Waals surface area contributed by atoms with Crippen molar-refractivity contribution in [1.29, 1.82) is 0 Å². The molecule has 1 amide bonds. The first-order valence-corrected chi connectivity index (χ1v) is 4.63. The first-order valence-electron chi connectivity index (χ1n) is 4.63. The number of amides is 1. The highest BCUT2D eigenvalue weighted by molar-refractivity contribution is 5.98. The molecule has 5 heteroatoms. The lowest BCUT2D eigenvalue weighted by molar-refractivity contribution is 0.0948. The molecule has 0 fully saturated rings. The van der Waals surface area contributed by atoms with E-state index in [9.17, 15) is 9.90 Å². The van der Waals surface area contributed by atoms with Crippen molar-refractivity contribution in [1.82, 2.24) is 5.32 Å². The number of anilines is 1. The molecule has 82 valence electrons. The summed E-state index contributed by atoms with van der Waals surface area (Å²) < 4.78 is 0. The molecule has 15 heavy (non-hydrogen) atoms. The highest BCUT2D eigenvalue weighted by Crippen LogP contribution is 2.23. The first kappa shape index (κ1) is 11.3. The number of phenolic OH excluding ortho intramolecular Hbond substituents is 1. The Labute approximate surface area is 87.5 Å². The maximum absolute atomic E-state index is 11.5. The molecule has 0 aliphatic rings. The Hall–Kier alpha value is -1.75. The van der Waals surface area contributed by atoms with E-state index in [2.05, 4.69) is 5.32 Å². The minimum atomic E-state index is -0.395. The lowest BCUT2D eigenvalue weighted by Gasteiger charge is -2.07.